The average Bonchev–Trinajstić information content (AvgIpc) is 3.22. The van der Waals surface area contributed by atoms with Gasteiger partial charge in [0, 0.05) is 19.1 Å². The topological polar surface area (TPSA) is 75.7 Å². The highest BCUT2D eigenvalue weighted by molar-refractivity contribution is 7.12. The molecule has 27 heavy (non-hydrogen) atoms. The standard InChI is InChI=1S/C20H28N2O4S/c1-14-5-2-3-6-16(14)21-18(23)13-26-20(25)15-8-10-22(11-9-15)19(24)17-7-4-12-27-17/h4,7,12,14-16H,2-3,5-6,8-11,13H2,1H3,(H,21,23)/t14-,16-/m1/s1. The summed E-state index contributed by atoms with van der Waals surface area (Å²) in [7, 11) is 0. The minimum atomic E-state index is -0.329. The molecule has 0 spiro atoms. The Bertz CT molecular complexity index is 653. The summed E-state index contributed by atoms with van der Waals surface area (Å²) in [5, 5.41) is 4.88. The van der Waals surface area contributed by atoms with Crippen LogP contribution in [0.5, 0.6) is 0 Å². The molecule has 1 N–H and O–H groups in total. The molecule has 0 aromatic carbocycles. The maximum atomic E-state index is 12.3. The fourth-order valence-corrected chi connectivity index (χ4v) is 4.60. The van der Waals surface area contributed by atoms with Crippen molar-refractivity contribution in [2.45, 2.75) is 51.5 Å². The number of thiophene rings is 1. The Kier molecular flexibility index (Phi) is 6.88. The van der Waals surface area contributed by atoms with Crippen molar-refractivity contribution in [2.24, 2.45) is 11.8 Å². The fourth-order valence-electron chi connectivity index (χ4n) is 3.91. The normalized spacial score (nSPS) is 23.7. The number of nitrogens with zero attached hydrogens (tertiary/aromatic N) is 1. The van der Waals surface area contributed by atoms with Gasteiger partial charge in [0.1, 0.15) is 0 Å². The van der Waals surface area contributed by atoms with Crippen LogP contribution in [0.15, 0.2) is 17.5 Å². The van der Waals surface area contributed by atoms with Gasteiger partial charge in [-0.3, -0.25) is 14.4 Å². The van der Waals surface area contributed by atoms with Crippen molar-refractivity contribution in [3.8, 4) is 0 Å². The second-order valence-corrected chi connectivity index (χ2v) is 8.53. The predicted octanol–water partition coefficient (Wildman–Crippen LogP) is 2.84. The number of likely N-dealkylation sites (tertiary alicyclic amines) is 1. The van der Waals surface area contributed by atoms with E-state index in [-0.39, 0.29) is 36.4 Å². The third-order valence-corrected chi connectivity index (χ3v) is 6.51. The van der Waals surface area contributed by atoms with E-state index in [0.717, 1.165) is 24.1 Å². The molecule has 2 atom stereocenters. The summed E-state index contributed by atoms with van der Waals surface area (Å²) in [5.74, 6) is -0.280. The SMILES string of the molecule is C[C@@H]1CCCC[C@H]1NC(=O)COC(=O)C1CCN(C(=O)c2cccs2)CC1. The minimum absolute atomic E-state index is 0.0257. The Morgan fingerprint density at radius 2 is 1.93 bits per heavy atom. The van der Waals surface area contributed by atoms with Crippen LogP contribution < -0.4 is 5.32 Å². The van der Waals surface area contributed by atoms with Crippen molar-refractivity contribution in [3.63, 3.8) is 0 Å². The molecule has 2 amide bonds. The van der Waals surface area contributed by atoms with E-state index in [4.69, 9.17) is 4.74 Å². The van der Waals surface area contributed by atoms with Crippen LogP contribution in [0.3, 0.4) is 0 Å². The number of hydrogen-bond donors (Lipinski definition) is 1. The van der Waals surface area contributed by atoms with Crippen molar-refractivity contribution in [3.05, 3.63) is 22.4 Å². The van der Waals surface area contributed by atoms with Gasteiger partial charge in [0.15, 0.2) is 6.61 Å². The number of carbonyl (C=O) groups is 3. The number of piperidine rings is 1. The van der Waals surface area contributed by atoms with E-state index in [0.29, 0.717) is 31.8 Å². The van der Waals surface area contributed by atoms with E-state index in [1.165, 1.54) is 17.8 Å². The molecule has 6 nitrogen and oxygen atoms in total. The lowest BCUT2D eigenvalue weighted by atomic mass is 9.86. The zero-order valence-electron chi connectivity index (χ0n) is 15.8. The number of amides is 2. The number of hydrogen-bond acceptors (Lipinski definition) is 5. The summed E-state index contributed by atoms with van der Waals surface area (Å²) in [6, 6.07) is 3.87. The highest BCUT2D eigenvalue weighted by Crippen LogP contribution is 2.24. The first kappa shape index (κ1) is 19.9. The lowest BCUT2D eigenvalue weighted by molar-refractivity contribution is -0.154. The fraction of sp³-hybridized carbons (Fsp3) is 0.650. The van der Waals surface area contributed by atoms with Gasteiger partial charge in [0.05, 0.1) is 10.8 Å². The van der Waals surface area contributed by atoms with Crippen molar-refractivity contribution in [1.29, 1.82) is 0 Å². The Hall–Kier alpha value is -1.89. The zero-order valence-corrected chi connectivity index (χ0v) is 16.6. The van der Waals surface area contributed by atoms with Gasteiger partial charge in [-0.2, -0.15) is 0 Å². The van der Waals surface area contributed by atoms with Crippen molar-refractivity contribution < 1.29 is 19.1 Å². The molecule has 1 aliphatic carbocycles. The first-order valence-electron chi connectivity index (χ1n) is 9.83. The average molecular weight is 393 g/mol. The molecule has 1 aliphatic heterocycles. The van der Waals surface area contributed by atoms with Crippen LogP contribution in [0.1, 0.15) is 55.1 Å². The molecule has 1 saturated heterocycles. The number of carbonyl (C=O) groups excluding carboxylic acids is 3. The van der Waals surface area contributed by atoms with E-state index in [1.807, 2.05) is 17.5 Å². The highest BCUT2D eigenvalue weighted by atomic mass is 32.1. The van der Waals surface area contributed by atoms with Crippen molar-refractivity contribution in [2.75, 3.05) is 19.7 Å². The Morgan fingerprint density at radius 3 is 2.59 bits per heavy atom. The van der Waals surface area contributed by atoms with Crippen molar-refractivity contribution >= 4 is 29.1 Å². The highest BCUT2D eigenvalue weighted by Gasteiger charge is 2.30. The van der Waals surface area contributed by atoms with Gasteiger partial charge in [-0.25, -0.2) is 0 Å². The van der Waals surface area contributed by atoms with Gasteiger partial charge in [-0.05, 0) is 43.0 Å². The summed E-state index contributed by atoms with van der Waals surface area (Å²) >= 11 is 1.43. The molecule has 0 unspecified atom stereocenters. The second-order valence-electron chi connectivity index (χ2n) is 7.59. The number of nitrogens with one attached hydrogen (secondary N) is 1. The summed E-state index contributed by atoms with van der Waals surface area (Å²) in [6.07, 6.45) is 5.65. The van der Waals surface area contributed by atoms with E-state index in [1.54, 1.807) is 4.90 Å². The molecule has 148 valence electrons. The minimum Gasteiger partial charge on any atom is -0.455 e. The van der Waals surface area contributed by atoms with E-state index >= 15 is 0 Å². The molecule has 7 heteroatoms. The van der Waals surface area contributed by atoms with Crippen LogP contribution in [0.25, 0.3) is 0 Å². The molecule has 1 saturated carbocycles. The molecule has 3 rings (SSSR count). The number of esters is 1. The summed E-state index contributed by atoms with van der Waals surface area (Å²) in [5.41, 5.74) is 0. The Balaban J connectivity index is 1.38. The summed E-state index contributed by atoms with van der Waals surface area (Å²) in [6.45, 7) is 3.03. The van der Waals surface area contributed by atoms with Gasteiger partial charge in [0.25, 0.3) is 11.8 Å². The molecule has 1 aromatic heterocycles. The smallest absolute Gasteiger partial charge is 0.309 e. The van der Waals surface area contributed by atoms with Gasteiger partial charge < -0.3 is 15.0 Å². The molecular weight excluding hydrogens is 364 g/mol. The first-order valence-corrected chi connectivity index (χ1v) is 10.7. The molecule has 2 aliphatic rings. The second kappa shape index (κ2) is 9.35. The largest absolute Gasteiger partial charge is 0.455 e. The van der Waals surface area contributed by atoms with E-state index in [9.17, 15) is 14.4 Å². The molecule has 1 aromatic rings. The molecule has 2 fully saturated rings. The van der Waals surface area contributed by atoms with Gasteiger partial charge in [0.2, 0.25) is 0 Å². The maximum Gasteiger partial charge on any atom is 0.309 e. The van der Waals surface area contributed by atoms with Crippen LogP contribution in [0.4, 0.5) is 0 Å². The summed E-state index contributed by atoms with van der Waals surface area (Å²) < 4.78 is 5.24. The van der Waals surface area contributed by atoms with Gasteiger partial charge in [-0.1, -0.05) is 25.8 Å². The van der Waals surface area contributed by atoms with Crippen LogP contribution in [-0.2, 0) is 14.3 Å². The molecular formula is C20H28N2O4S. The van der Waals surface area contributed by atoms with E-state index < -0.39 is 0 Å². The first-order chi connectivity index (χ1) is 13.0. The van der Waals surface area contributed by atoms with Crippen molar-refractivity contribution in [1.82, 2.24) is 10.2 Å². The Morgan fingerprint density at radius 1 is 1.19 bits per heavy atom. The quantitative estimate of drug-likeness (QED) is 0.782. The lowest BCUT2D eigenvalue weighted by Gasteiger charge is -2.31. The van der Waals surface area contributed by atoms with Crippen LogP contribution in [0, 0.1) is 11.8 Å². The monoisotopic (exact) mass is 392 g/mol. The van der Waals surface area contributed by atoms with Gasteiger partial charge in [-0.15, -0.1) is 11.3 Å². The molecule has 0 bridgehead atoms. The third kappa shape index (κ3) is 5.31. The van der Waals surface area contributed by atoms with Crippen LogP contribution in [-0.4, -0.2) is 48.4 Å². The van der Waals surface area contributed by atoms with E-state index in [2.05, 4.69) is 12.2 Å². The number of ether oxygens (including phenoxy) is 1. The maximum absolute atomic E-state index is 12.3. The number of rotatable bonds is 5. The predicted molar refractivity (Wildman–Crippen MR) is 103 cm³/mol. The molecule has 2 heterocycles. The molecule has 0 radical (unpaired) electrons. The third-order valence-electron chi connectivity index (χ3n) is 5.65. The van der Waals surface area contributed by atoms with Gasteiger partial charge >= 0.3 is 5.97 Å². The van der Waals surface area contributed by atoms with Crippen LogP contribution >= 0.6 is 11.3 Å². The zero-order chi connectivity index (χ0) is 19.2. The summed E-state index contributed by atoms with van der Waals surface area (Å²) in [4.78, 5) is 39.2. The Labute approximate surface area is 164 Å². The lowest BCUT2D eigenvalue weighted by Crippen LogP contribution is -2.44. The van der Waals surface area contributed by atoms with Crippen LogP contribution in [0.2, 0.25) is 0 Å².